The quantitative estimate of drug-likeness (QED) is 0.0950. The molecule has 44 heavy (non-hydrogen) atoms. The van der Waals surface area contributed by atoms with E-state index < -0.39 is 0 Å². The molecule has 0 saturated heterocycles. The van der Waals surface area contributed by atoms with Gasteiger partial charge in [-0.2, -0.15) is 0 Å². The standard InChI is InChI=1S/C40H46O4/c1-5-6-7-8-32-9-11-33(12-10-32)34-13-15-35(16-14-34)36-17-19-37(20-18-36)39-25-38(43-23-21-29(2)27-41)26-40(31(39)4)44-24-22-30(3)28-42/h9-20,25-26,41-42H,2-3,5-8,21-24,27-28H2,1,4H3. The third-order valence-electron chi connectivity index (χ3n) is 7.99. The molecule has 0 aromatic heterocycles. The smallest absolute Gasteiger partial charge is 0.126 e. The van der Waals surface area contributed by atoms with Gasteiger partial charge in [0.25, 0.3) is 0 Å². The van der Waals surface area contributed by atoms with E-state index in [1.807, 2.05) is 19.1 Å². The van der Waals surface area contributed by atoms with Gasteiger partial charge in [-0.3, -0.25) is 0 Å². The first-order chi connectivity index (χ1) is 21.4. The van der Waals surface area contributed by atoms with E-state index in [1.54, 1.807) is 0 Å². The molecule has 0 saturated carbocycles. The van der Waals surface area contributed by atoms with Crippen LogP contribution in [0.1, 0.15) is 50.2 Å². The minimum atomic E-state index is -0.0488. The SMILES string of the molecule is C=C(CO)CCOc1cc(OCCC(=C)CO)c(C)c(-c2ccc(-c3ccc(-c4ccc(CCCCC)cc4)cc3)cc2)c1. The average molecular weight is 591 g/mol. The van der Waals surface area contributed by atoms with Crippen LogP contribution in [0.4, 0.5) is 0 Å². The van der Waals surface area contributed by atoms with Crippen LogP contribution in [-0.2, 0) is 6.42 Å². The summed E-state index contributed by atoms with van der Waals surface area (Å²) in [4.78, 5) is 0. The number of benzene rings is 4. The van der Waals surface area contributed by atoms with Crippen LogP contribution in [-0.4, -0.2) is 36.6 Å². The van der Waals surface area contributed by atoms with Crippen molar-refractivity contribution in [3.8, 4) is 44.9 Å². The van der Waals surface area contributed by atoms with Crippen LogP contribution in [0.5, 0.6) is 11.5 Å². The summed E-state index contributed by atoms with van der Waals surface area (Å²) in [7, 11) is 0. The minimum absolute atomic E-state index is 0.0486. The summed E-state index contributed by atoms with van der Waals surface area (Å²) in [6.07, 6.45) is 6.08. The summed E-state index contributed by atoms with van der Waals surface area (Å²) in [5.41, 5.74) is 10.8. The highest BCUT2D eigenvalue weighted by atomic mass is 16.5. The second kappa shape index (κ2) is 16.7. The molecule has 2 N–H and O–H groups in total. The normalized spacial score (nSPS) is 10.9. The molecule has 0 fully saturated rings. The van der Waals surface area contributed by atoms with Crippen molar-refractivity contribution in [3.05, 3.63) is 120 Å². The molecule has 0 aliphatic heterocycles. The molecule has 0 heterocycles. The first-order valence-electron chi connectivity index (χ1n) is 15.7. The van der Waals surface area contributed by atoms with Gasteiger partial charge in [0, 0.05) is 18.9 Å². The van der Waals surface area contributed by atoms with Crippen molar-refractivity contribution >= 4 is 0 Å². The van der Waals surface area contributed by atoms with Gasteiger partial charge in [0.15, 0.2) is 0 Å². The lowest BCUT2D eigenvalue weighted by Gasteiger charge is -2.17. The van der Waals surface area contributed by atoms with Gasteiger partial charge >= 0.3 is 0 Å². The Morgan fingerprint density at radius 1 is 0.636 bits per heavy atom. The molecule has 4 nitrogen and oxygen atoms in total. The van der Waals surface area contributed by atoms with Crippen molar-refractivity contribution in [2.45, 2.75) is 52.4 Å². The predicted molar refractivity (Wildman–Crippen MR) is 183 cm³/mol. The number of ether oxygens (including phenoxy) is 2. The van der Waals surface area contributed by atoms with Gasteiger partial charge in [-0.1, -0.05) is 106 Å². The summed E-state index contributed by atoms with van der Waals surface area (Å²) >= 11 is 0. The Labute approximate surface area is 263 Å². The second-order valence-electron chi connectivity index (χ2n) is 11.4. The van der Waals surface area contributed by atoms with Crippen molar-refractivity contribution in [1.29, 1.82) is 0 Å². The van der Waals surface area contributed by atoms with Gasteiger partial charge in [0.1, 0.15) is 11.5 Å². The zero-order valence-electron chi connectivity index (χ0n) is 26.3. The fraction of sp³-hybridized carbons (Fsp3) is 0.300. The van der Waals surface area contributed by atoms with Crippen molar-refractivity contribution in [2.75, 3.05) is 26.4 Å². The van der Waals surface area contributed by atoms with Crippen LogP contribution < -0.4 is 9.47 Å². The number of aliphatic hydroxyl groups is 2. The Kier molecular flexibility index (Phi) is 12.4. The second-order valence-corrected chi connectivity index (χ2v) is 11.4. The summed E-state index contributed by atoms with van der Waals surface area (Å²) in [6.45, 7) is 12.7. The van der Waals surface area contributed by atoms with Crippen LogP contribution in [0.2, 0.25) is 0 Å². The van der Waals surface area contributed by atoms with E-state index in [-0.39, 0.29) is 13.2 Å². The van der Waals surface area contributed by atoms with E-state index in [0.29, 0.717) is 31.8 Å². The fourth-order valence-corrected chi connectivity index (χ4v) is 5.11. The maximum absolute atomic E-state index is 9.30. The molecule has 4 aromatic rings. The average Bonchev–Trinajstić information content (AvgIpc) is 3.06. The van der Waals surface area contributed by atoms with E-state index in [1.165, 1.54) is 41.5 Å². The van der Waals surface area contributed by atoms with E-state index in [2.05, 4.69) is 92.9 Å². The highest BCUT2D eigenvalue weighted by Crippen LogP contribution is 2.36. The fourth-order valence-electron chi connectivity index (χ4n) is 5.11. The molecule has 4 aromatic carbocycles. The molecular weight excluding hydrogens is 544 g/mol. The molecule has 0 radical (unpaired) electrons. The summed E-state index contributed by atoms with van der Waals surface area (Å²) in [6, 6.07) is 30.3. The topological polar surface area (TPSA) is 58.9 Å². The molecule has 0 atom stereocenters. The van der Waals surface area contributed by atoms with Crippen molar-refractivity contribution in [2.24, 2.45) is 0 Å². The van der Waals surface area contributed by atoms with Crippen molar-refractivity contribution < 1.29 is 19.7 Å². The molecule has 0 spiro atoms. The third kappa shape index (κ3) is 9.19. The molecule has 0 amide bonds. The zero-order chi connectivity index (χ0) is 31.3. The third-order valence-corrected chi connectivity index (χ3v) is 7.99. The minimum Gasteiger partial charge on any atom is -0.493 e. The highest BCUT2D eigenvalue weighted by molar-refractivity contribution is 5.76. The zero-order valence-corrected chi connectivity index (χ0v) is 26.3. The molecule has 0 unspecified atom stereocenters. The molecule has 230 valence electrons. The van der Waals surface area contributed by atoms with Crippen molar-refractivity contribution in [3.63, 3.8) is 0 Å². The molecule has 4 heteroatoms. The summed E-state index contributed by atoms with van der Waals surface area (Å²) < 4.78 is 12.2. The first kappa shape index (κ1) is 32.8. The largest absolute Gasteiger partial charge is 0.493 e. The number of hydrogen-bond acceptors (Lipinski definition) is 4. The van der Waals surface area contributed by atoms with Crippen LogP contribution in [0.3, 0.4) is 0 Å². The van der Waals surface area contributed by atoms with E-state index >= 15 is 0 Å². The lowest BCUT2D eigenvalue weighted by molar-refractivity contribution is 0.284. The molecule has 0 bridgehead atoms. The Morgan fingerprint density at radius 2 is 1.11 bits per heavy atom. The Hall–Kier alpha value is -4.12. The molecular formula is C40H46O4. The van der Waals surface area contributed by atoms with Crippen LogP contribution in [0, 0.1) is 6.92 Å². The number of aliphatic hydroxyl groups excluding tert-OH is 2. The maximum Gasteiger partial charge on any atom is 0.126 e. The number of unbranched alkanes of at least 4 members (excludes halogenated alkanes) is 2. The van der Waals surface area contributed by atoms with Crippen LogP contribution in [0.25, 0.3) is 33.4 Å². The van der Waals surface area contributed by atoms with Gasteiger partial charge in [0.05, 0.1) is 26.4 Å². The van der Waals surface area contributed by atoms with Gasteiger partial charge < -0.3 is 19.7 Å². The highest BCUT2D eigenvalue weighted by Gasteiger charge is 2.13. The Morgan fingerprint density at radius 3 is 1.61 bits per heavy atom. The van der Waals surface area contributed by atoms with Crippen LogP contribution in [0.15, 0.2) is 109 Å². The Bertz CT molecular complexity index is 1500. The molecule has 4 rings (SSSR count). The summed E-state index contributed by atoms with van der Waals surface area (Å²) in [5, 5.41) is 18.6. The van der Waals surface area contributed by atoms with E-state index in [4.69, 9.17) is 9.47 Å². The van der Waals surface area contributed by atoms with E-state index in [9.17, 15) is 10.2 Å². The van der Waals surface area contributed by atoms with Crippen LogP contribution >= 0.6 is 0 Å². The van der Waals surface area contributed by atoms with Gasteiger partial charge in [-0.15, -0.1) is 0 Å². The van der Waals surface area contributed by atoms with Gasteiger partial charge in [0.2, 0.25) is 0 Å². The maximum atomic E-state index is 9.30. The Balaban J connectivity index is 1.51. The summed E-state index contributed by atoms with van der Waals surface area (Å²) in [5.74, 6) is 1.43. The number of rotatable bonds is 17. The monoisotopic (exact) mass is 590 g/mol. The predicted octanol–water partition coefficient (Wildman–Crippen LogP) is 9.36. The van der Waals surface area contributed by atoms with Gasteiger partial charge in [-0.05, 0) is 81.5 Å². The lowest BCUT2D eigenvalue weighted by atomic mass is 9.95. The lowest BCUT2D eigenvalue weighted by Crippen LogP contribution is -2.05. The number of aryl methyl sites for hydroxylation is 1. The van der Waals surface area contributed by atoms with Crippen molar-refractivity contribution in [1.82, 2.24) is 0 Å². The van der Waals surface area contributed by atoms with Gasteiger partial charge in [-0.25, -0.2) is 0 Å². The first-order valence-corrected chi connectivity index (χ1v) is 15.7. The van der Waals surface area contributed by atoms with E-state index in [0.717, 1.165) is 45.6 Å². The molecule has 0 aliphatic rings. The number of hydrogen-bond donors (Lipinski definition) is 2. The molecule has 0 aliphatic carbocycles.